The zero-order valence-electron chi connectivity index (χ0n) is 15.7. The van der Waals surface area contributed by atoms with E-state index in [1.165, 1.54) is 0 Å². The summed E-state index contributed by atoms with van der Waals surface area (Å²) in [4.78, 5) is 20.0. The van der Waals surface area contributed by atoms with Crippen LogP contribution in [0.3, 0.4) is 0 Å². The van der Waals surface area contributed by atoms with Gasteiger partial charge in [-0.2, -0.15) is 0 Å². The third kappa shape index (κ3) is 5.71. The smallest absolute Gasteiger partial charge is 0.252 e. The molecule has 2 aromatic rings. The van der Waals surface area contributed by atoms with Crippen molar-refractivity contribution in [3.8, 4) is 0 Å². The molecule has 2 aliphatic rings. The number of nitrogens with zero attached hydrogens (tertiary/aromatic N) is 2. The standard InChI is InChI=1S/C20H25ClN4O.2ClH/c21-15-4-5-18-16(12-15)17(13-19(24-18)14-2-3-14)20(26)23-6-1-9-25-10-7-22-8-11-25;;/h4-5,12-14,22H,1-3,6-11H2,(H,23,26);2*1H. The fourth-order valence-electron chi connectivity index (χ4n) is 3.53. The predicted molar refractivity (Wildman–Crippen MR) is 119 cm³/mol. The molecule has 1 aromatic heterocycles. The van der Waals surface area contributed by atoms with Gasteiger partial charge in [0.2, 0.25) is 0 Å². The van der Waals surface area contributed by atoms with Crippen molar-refractivity contribution in [1.82, 2.24) is 20.5 Å². The van der Waals surface area contributed by atoms with Crippen LogP contribution in [-0.4, -0.2) is 55.1 Å². The van der Waals surface area contributed by atoms with Crippen molar-refractivity contribution in [3.05, 3.63) is 40.5 Å². The first-order valence-electron chi connectivity index (χ1n) is 9.52. The Kier molecular flexibility index (Phi) is 8.78. The molecule has 1 saturated heterocycles. The SMILES string of the molecule is Cl.Cl.O=C(NCCCN1CCNCC1)c1cc(C2CC2)nc2ccc(Cl)cc12. The van der Waals surface area contributed by atoms with Gasteiger partial charge in [0.05, 0.1) is 11.1 Å². The number of piperazine rings is 1. The molecule has 2 fully saturated rings. The molecule has 1 aromatic carbocycles. The molecule has 5 nitrogen and oxygen atoms in total. The Morgan fingerprint density at radius 1 is 1.21 bits per heavy atom. The predicted octanol–water partition coefficient (Wildman–Crippen LogP) is 3.63. The quantitative estimate of drug-likeness (QED) is 0.667. The molecule has 1 saturated carbocycles. The lowest BCUT2D eigenvalue weighted by Gasteiger charge is -2.27. The number of carbonyl (C=O) groups excluding carboxylic acids is 1. The van der Waals surface area contributed by atoms with Crippen molar-refractivity contribution in [2.75, 3.05) is 39.3 Å². The maximum Gasteiger partial charge on any atom is 0.252 e. The number of aromatic nitrogens is 1. The molecule has 8 heteroatoms. The summed E-state index contributed by atoms with van der Waals surface area (Å²) < 4.78 is 0. The molecule has 0 atom stereocenters. The highest BCUT2D eigenvalue weighted by atomic mass is 35.5. The molecule has 28 heavy (non-hydrogen) atoms. The number of amides is 1. The summed E-state index contributed by atoms with van der Waals surface area (Å²) in [5, 5.41) is 7.91. The summed E-state index contributed by atoms with van der Waals surface area (Å²) in [6.45, 7) is 6.00. The third-order valence-corrected chi connectivity index (χ3v) is 5.41. The van der Waals surface area contributed by atoms with Gasteiger partial charge in [-0.1, -0.05) is 11.6 Å². The number of hydrogen-bond donors (Lipinski definition) is 2. The number of hydrogen-bond acceptors (Lipinski definition) is 4. The lowest BCUT2D eigenvalue weighted by molar-refractivity contribution is 0.0952. The summed E-state index contributed by atoms with van der Waals surface area (Å²) in [6, 6.07) is 7.55. The highest BCUT2D eigenvalue weighted by Gasteiger charge is 2.27. The average molecular weight is 446 g/mol. The van der Waals surface area contributed by atoms with E-state index in [2.05, 4.69) is 15.5 Å². The molecule has 2 N–H and O–H groups in total. The second-order valence-electron chi connectivity index (χ2n) is 7.23. The number of nitrogens with one attached hydrogen (secondary N) is 2. The molecule has 1 amide bonds. The summed E-state index contributed by atoms with van der Waals surface area (Å²) in [6.07, 6.45) is 3.29. The van der Waals surface area contributed by atoms with Crippen molar-refractivity contribution < 1.29 is 4.79 Å². The van der Waals surface area contributed by atoms with E-state index in [-0.39, 0.29) is 30.7 Å². The van der Waals surface area contributed by atoms with Gasteiger partial charge in [-0.25, -0.2) is 0 Å². The zero-order valence-corrected chi connectivity index (χ0v) is 18.1. The normalized spacial score (nSPS) is 16.9. The monoisotopic (exact) mass is 444 g/mol. The highest BCUT2D eigenvalue weighted by Crippen LogP contribution is 2.40. The fraction of sp³-hybridized carbons (Fsp3) is 0.500. The molecule has 0 spiro atoms. The number of carbonyl (C=O) groups is 1. The van der Waals surface area contributed by atoms with E-state index in [1.54, 1.807) is 0 Å². The number of benzene rings is 1. The van der Waals surface area contributed by atoms with Crippen LogP contribution in [0, 0.1) is 0 Å². The first-order chi connectivity index (χ1) is 12.7. The number of halogens is 3. The van der Waals surface area contributed by atoms with Crippen LogP contribution in [0.4, 0.5) is 0 Å². The van der Waals surface area contributed by atoms with E-state index in [4.69, 9.17) is 16.6 Å². The number of pyridine rings is 1. The molecular weight excluding hydrogens is 419 g/mol. The molecule has 1 aliphatic carbocycles. The summed E-state index contributed by atoms with van der Waals surface area (Å²) >= 11 is 6.15. The first kappa shape index (κ1) is 23.2. The zero-order chi connectivity index (χ0) is 17.9. The van der Waals surface area contributed by atoms with Crippen LogP contribution in [0.15, 0.2) is 24.3 Å². The van der Waals surface area contributed by atoms with Gasteiger partial charge in [-0.05, 0) is 50.1 Å². The summed E-state index contributed by atoms with van der Waals surface area (Å²) in [7, 11) is 0. The van der Waals surface area contributed by atoms with Gasteiger partial charge in [0, 0.05) is 54.7 Å². The maximum atomic E-state index is 12.8. The maximum absolute atomic E-state index is 12.8. The largest absolute Gasteiger partial charge is 0.352 e. The van der Waals surface area contributed by atoms with Crippen LogP contribution in [0.2, 0.25) is 5.02 Å². The molecule has 2 heterocycles. The Morgan fingerprint density at radius 2 is 1.96 bits per heavy atom. The summed E-state index contributed by atoms with van der Waals surface area (Å²) in [5.74, 6) is 0.483. The van der Waals surface area contributed by atoms with Crippen molar-refractivity contribution in [3.63, 3.8) is 0 Å². The Labute approximate surface area is 183 Å². The molecule has 154 valence electrons. The Hall–Kier alpha value is -1.11. The molecule has 0 radical (unpaired) electrons. The fourth-order valence-corrected chi connectivity index (χ4v) is 3.70. The average Bonchev–Trinajstić information content (AvgIpc) is 3.50. The minimum absolute atomic E-state index is 0. The van der Waals surface area contributed by atoms with Crippen molar-refractivity contribution in [1.29, 1.82) is 0 Å². The number of rotatable bonds is 6. The van der Waals surface area contributed by atoms with Gasteiger partial charge in [0.15, 0.2) is 0 Å². The molecule has 0 bridgehead atoms. The van der Waals surface area contributed by atoms with Crippen LogP contribution in [0.5, 0.6) is 0 Å². The van der Waals surface area contributed by atoms with Gasteiger partial charge in [-0.3, -0.25) is 9.78 Å². The minimum atomic E-state index is -0.0260. The van der Waals surface area contributed by atoms with Crippen LogP contribution in [0.1, 0.15) is 41.2 Å². The Balaban J connectivity index is 0.00000140. The Morgan fingerprint density at radius 3 is 2.68 bits per heavy atom. The molecule has 0 unspecified atom stereocenters. The van der Waals surface area contributed by atoms with Crippen LogP contribution in [0.25, 0.3) is 10.9 Å². The van der Waals surface area contributed by atoms with Crippen LogP contribution >= 0.6 is 36.4 Å². The molecular formula is C20H27Cl3N4O. The Bertz CT molecular complexity index is 807. The highest BCUT2D eigenvalue weighted by molar-refractivity contribution is 6.31. The first-order valence-corrected chi connectivity index (χ1v) is 9.90. The van der Waals surface area contributed by atoms with E-state index in [9.17, 15) is 4.79 Å². The van der Waals surface area contributed by atoms with E-state index in [0.29, 0.717) is 23.0 Å². The second-order valence-corrected chi connectivity index (χ2v) is 7.67. The van der Waals surface area contributed by atoms with E-state index >= 15 is 0 Å². The lowest BCUT2D eigenvalue weighted by atomic mass is 10.1. The van der Waals surface area contributed by atoms with Crippen molar-refractivity contribution in [2.24, 2.45) is 0 Å². The van der Waals surface area contributed by atoms with Gasteiger partial charge < -0.3 is 15.5 Å². The van der Waals surface area contributed by atoms with Gasteiger partial charge >= 0.3 is 0 Å². The number of fused-ring (bicyclic) bond motifs is 1. The van der Waals surface area contributed by atoms with Gasteiger partial charge in [0.1, 0.15) is 0 Å². The summed E-state index contributed by atoms with van der Waals surface area (Å²) in [5.41, 5.74) is 2.58. The molecule has 4 rings (SSSR count). The van der Waals surface area contributed by atoms with E-state index in [1.807, 2.05) is 24.3 Å². The van der Waals surface area contributed by atoms with Crippen LogP contribution in [-0.2, 0) is 0 Å². The van der Waals surface area contributed by atoms with Crippen molar-refractivity contribution >= 4 is 53.2 Å². The topological polar surface area (TPSA) is 57.3 Å². The van der Waals surface area contributed by atoms with Crippen molar-refractivity contribution in [2.45, 2.75) is 25.2 Å². The van der Waals surface area contributed by atoms with Gasteiger partial charge in [0.25, 0.3) is 5.91 Å². The minimum Gasteiger partial charge on any atom is -0.352 e. The second kappa shape index (κ2) is 10.6. The van der Waals surface area contributed by atoms with Gasteiger partial charge in [-0.15, -0.1) is 24.8 Å². The van der Waals surface area contributed by atoms with Crippen LogP contribution < -0.4 is 10.6 Å². The lowest BCUT2D eigenvalue weighted by Crippen LogP contribution is -2.44. The third-order valence-electron chi connectivity index (χ3n) is 5.18. The van der Waals surface area contributed by atoms with E-state index < -0.39 is 0 Å². The molecule has 1 aliphatic heterocycles. The van der Waals surface area contributed by atoms with E-state index in [0.717, 1.165) is 68.6 Å².